The van der Waals surface area contributed by atoms with E-state index in [2.05, 4.69) is 9.80 Å². The van der Waals surface area contributed by atoms with E-state index in [0.717, 1.165) is 32.2 Å². The number of pyridine rings is 1. The quantitative estimate of drug-likeness (QED) is 0.206. The molecule has 4 aliphatic heterocycles. The molecule has 4 aromatic rings. The first kappa shape index (κ1) is 31.5. The number of methoxy groups -OCH3 is 1. The topological polar surface area (TPSA) is 82.1 Å². The standard InChI is InChI=1S/C36H40F3N5O4/c1-3-25-27(38)8-6-21-14-24(48-20-45-2)15-26(29(21)25)32-31(39)33-30-28(40-32)9-7-23-18-46-13-5-12-44(23)34(30)42-35(41-33)47-19-36-10-4-11-43(36)17-22(37)16-36/h6,8,14-15,22-23H,3-5,7,9-13,16-20H2,1-2H3/t22-,23?,36+/m1/s1. The summed E-state index contributed by atoms with van der Waals surface area (Å²) in [5.74, 6) is 0.0100. The van der Waals surface area contributed by atoms with Gasteiger partial charge in [-0.3, -0.25) is 4.90 Å². The van der Waals surface area contributed by atoms with Crippen LogP contribution in [0.5, 0.6) is 11.8 Å². The van der Waals surface area contributed by atoms with Crippen LogP contribution >= 0.6 is 0 Å². The van der Waals surface area contributed by atoms with Crippen LogP contribution in [0.3, 0.4) is 0 Å². The number of aromatic nitrogens is 3. The SMILES string of the molecule is CCc1c(F)ccc2cc(OCOC)cc(-c3nc4c5c(nc(OC[C@@]67CCCN6C[C@H](F)C7)nc5c3F)N3CCCOCC3CC4)c12. The minimum atomic E-state index is -0.904. The fourth-order valence-electron chi connectivity index (χ4n) is 8.37. The van der Waals surface area contributed by atoms with E-state index in [1.807, 2.05) is 6.92 Å². The van der Waals surface area contributed by atoms with Gasteiger partial charge < -0.3 is 23.8 Å². The summed E-state index contributed by atoms with van der Waals surface area (Å²) < 4.78 is 70.4. The summed E-state index contributed by atoms with van der Waals surface area (Å²) in [6, 6.07) is 6.66. The first-order chi connectivity index (χ1) is 23.4. The average Bonchev–Trinajstić information content (AvgIpc) is 3.44. The molecule has 4 aliphatic rings. The number of ether oxygens (including phenoxy) is 4. The van der Waals surface area contributed by atoms with Crippen molar-refractivity contribution in [3.63, 3.8) is 0 Å². The van der Waals surface area contributed by atoms with Gasteiger partial charge in [-0.15, -0.1) is 0 Å². The van der Waals surface area contributed by atoms with Crippen molar-refractivity contribution in [2.24, 2.45) is 0 Å². The lowest BCUT2D eigenvalue weighted by Gasteiger charge is -2.31. The zero-order chi connectivity index (χ0) is 33.0. The van der Waals surface area contributed by atoms with Crippen molar-refractivity contribution >= 4 is 27.5 Å². The van der Waals surface area contributed by atoms with Crippen LogP contribution in [-0.2, 0) is 22.3 Å². The molecule has 8 rings (SSSR count). The fourth-order valence-corrected chi connectivity index (χ4v) is 8.37. The summed E-state index contributed by atoms with van der Waals surface area (Å²) in [5.41, 5.74) is 1.29. The van der Waals surface area contributed by atoms with Crippen molar-refractivity contribution in [2.75, 3.05) is 58.3 Å². The van der Waals surface area contributed by atoms with Crippen LogP contribution < -0.4 is 14.4 Å². The maximum Gasteiger partial charge on any atom is 0.319 e. The van der Waals surface area contributed by atoms with Crippen molar-refractivity contribution in [3.8, 4) is 23.0 Å². The van der Waals surface area contributed by atoms with Crippen LogP contribution in [-0.4, -0.2) is 91.0 Å². The Hall–Kier alpha value is -3.74. The van der Waals surface area contributed by atoms with Crippen LogP contribution in [0.4, 0.5) is 19.0 Å². The van der Waals surface area contributed by atoms with Gasteiger partial charge in [0.1, 0.15) is 41.4 Å². The van der Waals surface area contributed by atoms with Gasteiger partial charge in [0.2, 0.25) is 0 Å². The molecule has 0 bridgehead atoms. The van der Waals surface area contributed by atoms with Gasteiger partial charge in [-0.25, -0.2) is 18.2 Å². The second kappa shape index (κ2) is 12.6. The predicted octanol–water partition coefficient (Wildman–Crippen LogP) is 6.17. The number of rotatable bonds is 8. The van der Waals surface area contributed by atoms with E-state index in [-0.39, 0.29) is 42.5 Å². The second-order valence-corrected chi connectivity index (χ2v) is 13.5. The van der Waals surface area contributed by atoms with Crippen LogP contribution in [0.15, 0.2) is 24.3 Å². The first-order valence-electron chi connectivity index (χ1n) is 17.0. The number of nitrogens with zero attached hydrogens (tertiary/aromatic N) is 5. The van der Waals surface area contributed by atoms with E-state index < -0.39 is 17.5 Å². The number of hydrogen-bond donors (Lipinski definition) is 0. The molecule has 1 unspecified atom stereocenters. The summed E-state index contributed by atoms with van der Waals surface area (Å²) in [6.07, 6.45) is 3.77. The van der Waals surface area contributed by atoms with Gasteiger partial charge in [-0.1, -0.05) is 13.0 Å². The number of aryl methyl sites for hydroxylation is 2. The monoisotopic (exact) mass is 663 g/mol. The predicted molar refractivity (Wildman–Crippen MR) is 176 cm³/mol. The van der Waals surface area contributed by atoms with Crippen LogP contribution in [0.25, 0.3) is 32.9 Å². The molecule has 2 aromatic carbocycles. The zero-order valence-corrected chi connectivity index (χ0v) is 27.4. The Kier molecular flexibility index (Phi) is 8.28. The van der Waals surface area contributed by atoms with Gasteiger partial charge in [0, 0.05) is 38.8 Å². The highest BCUT2D eigenvalue weighted by Gasteiger charge is 2.49. The van der Waals surface area contributed by atoms with Crippen molar-refractivity contribution in [2.45, 2.75) is 69.6 Å². The van der Waals surface area contributed by atoms with Gasteiger partial charge in [0.25, 0.3) is 0 Å². The van der Waals surface area contributed by atoms with Crippen molar-refractivity contribution in [3.05, 3.63) is 47.2 Å². The molecule has 2 aromatic heterocycles. The molecule has 6 heterocycles. The Morgan fingerprint density at radius 3 is 2.81 bits per heavy atom. The number of halogens is 3. The van der Waals surface area contributed by atoms with Gasteiger partial charge in [0.15, 0.2) is 12.6 Å². The number of alkyl halides is 1. The van der Waals surface area contributed by atoms with Gasteiger partial charge in [-0.2, -0.15) is 9.97 Å². The number of anilines is 1. The largest absolute Gasteiger partial charge is 0.468 e. The molecule has 0 amide bonds. The molecular weight excluding hydrogens is 623 g/mol. The molecule has 48 heavy (non-hydrogen) atoms. The molecule has 0 spiro atoms. The maximum absolute atomic E-state index is 17.3. The summed E-state index contributed by atoms with van der Waals surface area (Å²) in [7, 11) is 1.52. The summed E-state index contributed by atoms with van der Waals surface area (Å²) in [6.45, 7) is 5.15. The van der Waals surface area contributed by atoms with Crippen LogP contribution in [0.2, 0.25) is 0 Å². The van der Waals surface area contributed by atoms with Crippen molar-refractivity contribution in [1.29, 1.82) is 0 Å². The van der Waals surface area contributed by atoms with E-state index in [1.165, 1.54) is 13.2 Å². The summed E-state index contributed by atoms with van der Waals surface area (Å²) in [4.78, 5) is 19.0. The van der Waals surface area contributed by atoms with Crippen LogP contribution in [0, 0.1) is 11.6 Å². The molecule has 3 fully saturated rings. The van der Waals surface area contributed by atoms with Gasteiger partial charge in [0.05, 0.1) is 29.3 Å². The van der Waals surface area contributed by atoms with Gasteiger partial charge in [-0.05, 0) is 79.6 Å². The Morgan fingerprint density at radius 1 is 1.06 bits per heavy atom. The van der Waals surface area contributed by atoms with E-state index in [0.29, 0.717) is 90.1 Å². The van der Waals surface area contributed by atoms with Crippen LogP contribution in [0.1, 0.15) is 50.3 Å². The minimum Gasteiger partial charge on any atom is -0.468 e. The highest BCUT2D eigenvalue weighted by Crippen LogP contribution is 2.44. The molecule has 0 N–H and O–H groups in total. The molecule has 9 nitrogen and oxygen atoms in total. The van der Waals surface area contributed by atoms with E-state index in [1.54, 1.807) is 18.2 Å². The Morgan fingerprint density at radius 2 is 1.96 bits per heavy atom. The second-order valence-electron chi connectivity index (χ2n) is 13.5. The number of hydrogen-bond acceptors (Lipinski definition) is 9. The molecule has 0 radical (unpaired) electrons. The average molecular weight is 664 g/mol. The van der Waals surface area contributed by atoms with E-state index >= 15 is 8.78 Å². The fraction of sp³-hybridized carbons (Fsp3) is 0.528. The maximum atomic E-state index is 17.3. The number of fused-ring (bicyclic) bond motifs is 4. The van der Waals surface area contributed by atoms with E-state index in [9.17, 15) is 4.39 Å². The Labute approximate surface area is 277 Å². The highest BCUT2D eigenvalue weighted by molar-refractivity contribution is 6.02. The van der Waals surface area contributed by atoms with Crippen molar-refractivity contribution in [1.82, 2.24) is 19.9 Å². The molecule has 0 saturated carbocycles. The molecule has 3 saturated heterocycles. The lowest BCUT2D eigenvalue weighted by atomic mass is 9.94. The molecule has 3 atom stereocenters. The highest BCUT2D eigenvalue weighted by atomic mass is 19.1. The molecular formula is C36H40F3N5O4. The first-order valence-corrected chi connectivity index (χ1v) is 17.0. The minimum absolute atomic E-state index is 0.00962. The smallest absolute Gasteiger partial charge is 0.319 e. The third kappa shape index (κ3) is 5.32. The molecule has 254 valence electrons. The summed E-state index contributed by atoms with van der Waals surface area (Å²) in [5, 5.41) is 1.82. The van der Waals surface area contributed by atoms with E-state index in [4.69, 9.17) is 33.9 Å². The van der Waals surface area contributed by atoms with Crippen molar-refractivity contribution < 1.29 is 32.1 Å². The third-order valence-electron chi connectivity index (χ3n) is 10.6. The summed E-state index contributed by atoms with van der Waals surface area (Å²) >= 11 is 0. The Bertz CT molecular complexity index is 1880. The normalized spacial score (nSPS) is 24.1. The molecule has 0 aliphatic carbocycles. The number of benzene rings is 2. The molecule has 12 heteroatoms. The Balaban J connectivity index is 1.33. The zero-order valence-electron chi connectivity index (χ0n) is 27.4. The lowest BCUT2D eigenvalue weighted by molar-refractivity contribution is 0.0512. The van der Waals surface area contributed by atoms with Gasteiger partial charge >= 0.3 is 6.01 Å². The third-order valence-corrected chi connectivity index (χ3v) is 10.6. The lowest BCUT2D eigenvalue weighted by Crippen LogP contribution is -2.43.